The molecular weight excluding hydrogens is 414 g/mol. The molecule has 0 spiro atoms. The lowest BCUT2D eigenvalue weighted by atomic mass is 10.1. The fourth-order valence-corrected chi connectivity index (χ4v) is 3.78. The average Bonchev–Trinajstić information content (AvgIpc) is 3.38. The first-order valence-corrected chi connectivity index (χ1v) is 10.2. The van der Waals surface area contributed by atoms with Crippen LogP contribution in [0.5, 0.6) is 0 Å². The van der Waals surface area contributed by atoms with Gasteiger partial charge in [-0.3, -0.25) is 9.89 Å². The van der Waals surface area contributed by atoms with E-state index in [-0.39, 0.29) is 5.56 Å². The molecule has 0 saturated carbocycles. The maximum atomic E-state index is 12.7. The summed E-state index contributed by atoms with van der Waals surface area (Å²) < 4.78 is 3.17. The Balaban J connectivity index is 1.50. The van der Waals surface area contributed by atoms with Crippen molar-refractivity contribution in [3.63, 3.8) is 0 Å². The van der Waals surface area contributed by atoms with E-state index in [2.05, 4.69) is 20.6 Å². The normalized spacial score (nSPS) is 11.3. The standard InChI is InChI=1S/C22H18ClN7O/c1-14-21(15-7-9-16(23)10-8-15)22-24-17(13-20(31)30(22)26-14)11-12-19-25-27-28-29(19)18-5-3-2-4-6-18/h2-10,13,26H,11-12H2,1H3. The topological polar surface area (TPSA) is 93.8 Å². The number of aryl methyl sites for hydroxylation is 3. The molecule has 1 N–H and O–H groups in total. The van der Waals surface area contributed by atoms with Gasteiger partial charge in [0.2, 0.25) is 0 Å². The number of nitrogens with zero attached hydrogens (tertiary/aromatic N) is 6. The Labute approximate surface area is 182 Å². The van der Waals surface area contributed by atoms with E-state index in [1.807, 2.05) is 61.5 Å². The largest absolute Gasteiger partial charge is 0.293 e. The first kappa shape index (κ1) is 19.2. The van der Waals surface area contributed by atoms with Crippen molar-refractivity contribution in [2.45, 2.75) is 19.8 Å². The van der Waals surface area contributed by atoms with E-state index in [0.29, 0.717) is 35.0 Å². The van der Waals surface area contributed by atoms with Crippen LogP contribution in [-0.4, -0.2) is 34.8 Å². The van der Waals surface area contributed by atoms with Crippen LogP contribution in [0, 0.1) is 6.92 Å². The molecule has 2 aromatic carbocycles. The molecule has 0 saturated heterocycles. The van der Waals surface area contributed by atoms with Crippen molar-refractivity contribution in [1.29, 1.82) is 0 Å². The van der Waals surface area contributed by atoms with Gasteiger partial charge in [0.05, 0.1) is 5.69 Å². The summed E-state index contributed by atoms with van der Waals surface area (Å²) in [6.45, 7) is 1.92. The smallest absolute Gasteiger partial charge is 0.272 e. The van der Waals surface area contributed by atoms with E-state index in [9.17, 15) is 4.79 Å². The Morgan fingerprint density at radius 1 is 1.03 bits per heavy atom. The summed E-state index contributed by atoms with van der Waals surface area (Å²) in [7, 11) is 0. The number of tetrazole rings is 1. The molecule has 8 nitrogen and oxygen atoms in total. The minimum atomic E-state index is -0.161. The lowest BCUT2D eigenvalue weighted by Gasteiger charge is -2.05. The highest BCUT2D eigenvalue weighted by atomic mass is 35.5. The number of para-hydroxylation sites is 1. The third-order valence-electron chi connectivity index (χ3n) is 5.12. The van der Waals surface area contributed by atoms with Crippen molar-refractivity contribution < 1.29 is 0 Å². The molecule has 0 unspecified atom stereocenters. The molecule has 0 aliphatic rings. The van der Waals surface area contributed by atoms with Crippen LogP contribution in [0.15, 0.2) is 65.5 Å². The number of aromatic nitrogens is 7. The Morgan fingerprint density at radius 3 is 2.58 bits per heavy atom. The van der Waals surface area contributed by atoms with E-state index in [1.165, 1.54) is 4.52 Å². The molecule has 0 bridgehead atoms. The highest BCUT2D eigenvalue weighted by Gasteiger charge is 2.16. The molecule has 0 atom stereocenters. The number of aromatic amines is 1. The molecule has 0 radical (unpaired) electrons. The lowest BCUT2D eigenvalue weighted by molar-refractivity contribution is 0.744. The second-order valence-electron chi connectivity index (χ2n) is 7.21. The van der Waals surface area contributed by atoms with Gasteiger partial charge in [0.1, 0.15) is 0 Å². The zero-order chi connectivity index (χ0) is 21.4. The molecule has 0 fully saturated rings. The zero-order valence-corrected chi connectivity index (χ0v) is 17.4. The number of hydrogen-bond donors (Lipinski definition) is 1. The zero-order valence-electron chi connectivity index (χ0n) is 16.7. The second-order valence-corrected chi connectivity index (χ2v) is 7.64. The molecule has 3 heterocycles. The number of fused-ring (bicyclic) bond motifs is 1. The van der Waals surface area contributed by atoms with Crippen molar-refractivity contribution in [3.8, 4) is 16.8 Å². The second kappa shape index (κ2) is 7.81. The Hall–Kier alpha value is -3.78. The predicted octanol–water partition coefficient (Wildman–Crippen LogP) is 3.41. The van der Waals surface area contributed by atoms with Crippen molar-refractivity contribution in [2.75, 3.05) is 0 Å². The Bertz CT molecular complexity index is 1420. The quantitative estimate of drug-likeness (QED) is 0.460. The Morgan fingerprint density at radius 2 is 1.81 bits per heavy atom. The van der Waals surface area contributed by atoms with Crippen LogP contribution >= 0.6 is 11.6 Å². The average molecular weight is 432 g/mol. The third-order valence-corrected chi connectivity index (χ3v) is 5.37. The monoisotopic (exact) mass is 431 g/mol. The van der Waals surface area contributed by atoms with Crippen LogP contribution in [-0.2, 0) is 12.8 Å². The molecule has 5 rings (SSSR count). The summed E-state index contributed by atoms with van der Waals surface area (Å²) in [5, 5.41) is 15.8. The summed E-state index contributed by atoms with van der Waals surface area (Å²) in [6.07, 6.45) is 1.08. The van der Waals surface area contributed by atoms with Crippen LogP contribution in [0.4, 0.5) is 0 Å². The summed E-state index contributed by atoms with van der Waals surface area (Å²) in [6, 6.07) is 18.7. The van der Waals surface area contributed by atoms with E-state index in [4.69, 9.17) is 16.6 Å². The van der Waals surface area contributed by atoms with Gasteiger partial charge in [0, 0.05) is 34.5 Å². The molecule has 9 heteroatoms. The summed E-state index contributed by atoms with van der Waals surface area (Å²) >= 11 is 6.03. The van der Waals surface area contributed by atoms with Crippen molar-refractivity contribution >= 4 is 17.2 Å². The fourth-order valence-electron chi connectivity index (χ4n) is 3.66. The summed E-state index contributed by atoms with van der Waals surface area (Å²) in [5.41, 5.74) is 4.68. The van der Waals surface area contributed by atoms with Gasteiger partial charge in [-0.25, -0.2) is 9.50 Å². The third kappa shape index (κ3) is 3.62. The van der Waals surface area contributed by atoms with Gasteiger partial charge < -0.3 is 0 Å². The van der Waals surface area contributed by atoms with Gasteiger partial charge in [-0.15, -0.1) is 5.10 Å². The van der Waals surface area contributed by atoms with E-state index in [1.54, 1.807) is 10.7 Å². The van der Waals surface area contributed by atoms with Gasteiger partial charge in [-0.05, 0) is 53.6 Å². The Kier molecular flexibility index (Phi) is 4.83. The highest BCUT2D eigenvalue weighted by molar-refractivity contribution is 6.30. The number of rotatable bonds is 5. The van der Waals surface area contributed by atoms with Crippen LogP contribution in [0.2, 0.25) is 5.02 Å². The molecule has 0 aliphatic heterocycles. The van der Waals surface area contributed by atoms with Gasteiger partial charge in [0.25, 0.3) is 5.56 Å². The minimum absolute atomic E-state index is 0.161. The molecule has 5 aromatic rings. The van der Waals surface area contributed by atoms with Crippen molar-refractivity contribution in [1.82, 2.24) is 34.8 Å². The number of H-pyrrole nitrogens is 1. The van der Waals surface area contributed by atoms with Gasteiger partial charge in [-0.2, -0.15) is 4.68 Å². The number of halogens is 1. The molecule has 3 aromatic heterocycles. The SMILES string of the molecule is Cc1[nH]n2c(=O)cc(CCc3nnnn3-c3ccccc3)nc2c1-c1ccc(Cl)cc1. The fraction of sp³-hybridized carbons (Fsp3) is 0.136. The molecule has 31 heavy (non-hydrogen) atoms. The van der Waals surface area contributed by atoms with Gasteiger partial charge in [-0.1, -0.05) is 41.9 Å². The first-order chi connectivity index (χ1) is 15.1. The van der Waals surface area contributed by atoms with Crippen LogP contribution in [0.3, 0.4) is 0 Å². The van der Waals surface area contributed by atoms with Gasteiger partial charge in [0.15, 0.2) is 11.5 Å². The lowest BCUT2D eigenvalue weighted by Crippen LogP contribution is -2.16. The maximum Gasteiger partial charge on any atom is 0.272 e. The molecular formula is C22H18ClN7O. The van der Waals surface area contributed by atoms with Crippen LogP contribution < -0.4 is 5.56 Å². The predicted molar refractivity (Wildman–Crippen MR) is 118 cm³/mol. The molecule has 0 amide bonds. The van der Waals surface area contributed by atoms with Gasteiger partial charge >= 0.3 is 0 Å². The van der Waals surface area contributed by atoms with Crippen LogP contribution in [0.1, 0.15) is 17.2 Å². The van der Waals surface area contributed by atoms with E-state index < -0.39 is 0 Å². The first-order valence-electron chi connectivity index (χ1n) is 9.80. The van der Waals surface area contributed by atoms with E-state index >= 15 is 0 Å². The number of hydrogen-bond acceptors (Lipinski definition) is 5. The minimum Gasteiger partial charge on any atom is -0.293 e. The van der Waals surface area contributed by atoms with Crippen molar-refractivity contribution in [2.24, 2.45) is 0 Å². The molecule has 0 aliphatic carbocycles. The maximum absolute atomic E-state index is 12.7. The van der Waals surface area contributed by atoms with Crippen LogP contribution in [0.25, 0.3) is 22.5 Å². The number of benzene rings is 2. The molecule has 154 valence electrons. The van der Waals surface area contributed by atoms with E-state index in [0.717, 1.165) is 22.5 Å². The number of nitrogens with one attached hydrogen (secondary N) is 1. The highest BCUT2D eigenvalue weighted by Crippen LogP contribution is 2.27. The summed E-state index contributed by atoms with van der Waals surface area (Å²) in [5.74, 6) is 0.705. The van der Waals surface area contributed by atoms with Crippen molar-refractivity contribution in [3.05, 3.63) is 93.3 Å². The summed E-state index contributed by atoms with van der Waals surface area (Å²) in [4.78, 5) is 17.5.